The molecule has 2 heterocycles. The van der Waals surface area contributed by atoms with E-state index in [1.54, 1.807) is 17.6 Å². The minimum atomic E-state index is -2.38. The van der Waals surface area contributed by atoms with Crippen LogP contribution in [-0.4, -0.2) is 17.3 Å². The minimum absolute atomic E-state index is 0.540. The fourth-order valence-electron chi connectivity index (χ4n) is 2.37. The first kappa shape index (κ1) is 17.0. The average Bonchev–Trinajstić information content (AvgIpc) is 3.04. The van der Waals surface area contributed by atoms with Crippen LogP contribution in [0.2, 0.25) is 0 Å². The van der Waals surface area contributed by atoms with Crippen molar-refractivity contribution in [1.29, 1.82) is 0 Å². The van der Waals surface area contributed by atoms with Crippen LogP contribution in [0, 0.1) is 5.92 Å². The van der Waals surface area contributed by atoms with Crippen molar-refractivity contribution in [3.8, 4) is 11.5 Å². The quantitative estimate of drug-likeness (QED) is 0.621. The fourth-order valence-corrected chi connectivity index (χ4v) is 6.12. The van der Waals surface area contributed by atoms with E-state index in [1.807, 2.05) is 19.9 Å². The van der Waals surface area contributed by atoms with Gasteiger partial charge in [0.15, 0.2) is 9.68 Å². The standard InChI is InChI=1S/C15H21BrNO2PS/c1-5-20(18,6-2)11-7-8-19-14(11)13-12(9-10(3)4)21-15(16)17-13/h7-8,10H,5-6,9H2,1-4H3. The molecule has 2 aromatic heterocycles. The molecule has 0 aliphatic heterocycles. The van der Waals surface area contributed by atoms with Crippen molar-refractivity contribution in [3.05, 3.63) is 21.1 Å². The van der Waals surface area contributed by atoms with Gasteiger partial charge in [-0.25, -0.2) is 4.98 Å². The molecule has 0 spiro atoms. The van der Waals surface area contributed by atoms with Gasteiger partial charge in [-0.15, -0.1) is 11.3 Å². The van der Waals surface area contributed by atoms with Gasteiger partial charge in [-0.05, 0) is 34.3 Å². The lowest BCUT2D eigenvalue weighted by Crippen LogP contribution is -2.10. The second kappa shape index (κ2) is 6.80. The SMILES string of the molecule is CCP(=O)(CC)c1ccoc1-c1nc(Br)sc1CC(C)C. The Morgan fingerprint density at radius 2 is 2.05 bits per heavy atom. The van der Waals surface area contributed by atoms with Crippen molar-refractivity contribution < 1.29 is 8.98 Å². The van der Waals surface area contributed by atoms with Crippen LogP contribution in [0.5, 0.6) is 0 Å². The van der Waals surface area contributed by atoms with E-state index in [1.165, 1.54) is 4.88 Å². The summed E-state index contributed by atoms with van der Waals surface area (Å²) >= 11 is 5.10. The molecule has 0 atom stereocenters. The predicted molar refractivity (Wildman–Crippen MR) is 94.4 cm³/mol. The van der Waals surface area contributed by atoms with Gasteiger partial charge >= 0.3 is 0 Å². The molecule has 116 valence electrons. The van der Waals surface area contributed by atoms with Crippen molar-refractivity contribution in [3.63, 3.8) is 0 Å². The summed E-state index contributed by atoms with van der Waals surface area (Å²) in [5.41, 5.74) is 0.850. The van der Waals surface area contributed by atoms with Gasteiger partial charge in [0.2, 0.25) is 0 Å². The normalized spacial score (nSPS) is 12.3. The number of rotatable bonds is 6. The molecule has 0 fully saturated rings. The van der Waals surface area contributed by atoms with Gasteiger partial charge in [-0.2, -0.15) is 0 Å². The van der Waals surface area contributed by atoms with Crippen LogP contribution in [0.25, 0.3) is 11.5 Å². The Morgan fingerprint density at radius 1 is 1.38 bits per heavy atom. The molecule has 0 unspecified atom stereocenters. The molecule has 0 radical (unpaired) electrons. The molecule has 6 heteroatoms. The molecule has 0 saturated carbocycles. The van der Waals surface area contributed by atoms with Crippen LogP contribution in [0.1, 0.15) is 32.6 Å². The second-order valence-electron chi connectivity index (χ2n) is 5.49. The van der Waals surface area contributed by atoms with Gasteiger partial charge in [-0.1, -0.05) is 27.7 Å². The van der Waals surface area contributed by atoms with Gasteiger partial charge in [-0.3, -0.25) is 0 Å². The highest BCUT2D eigenvalue weighted by molar-refractivity contribution is 9.11. The molecule has 0 aliphatic carbocycles. The molecule has 3 nitrogen and oxygen atoms in total. The fraction of sp³-hybridized carbons (Fsp3) is 0.533. The van der Waals surface area contributed by atoms with E-state index in [-0.39, 0.29) is 0 Å². The highest BCUT2D eigenvalue weighted by atomic mass is 79.9. The molecule has 0 aliphatic rings. The third kappa shape index (κ3) is 3.52. The Bertz CT molecular complexity index is 654. The highest BCUT2D eigenvalue weighted by Crippen LogP contribution is 2.47. The number of thiazole rings is 1. The van der Waals surface area contributed by atoms with E-state index < -0.39 is 7.14 Å². The number of hydrogen-bond acceptors (Lipinski definition) is 4. The first-order valence-corrected chi connectivity index (χ1v) is 10.9. The minimum Gasteiger partial charge on any atom is -0.462 e. The molecule has 2 rings (SSSR count). The van der Waals surface area contributed by atoms with Crippen LogP contribution < -0.4 is 5.30 Å². The van der Waals surface area contributed by atoms with Crippen LogP contribution in [0.4, 0.5) is 0 Å². The average molecular weight is 390 g/mol. The molecule has 0 aromatic carbocycles. The lowest BCUT2D eigenvalue weighted by molar-refractivity contribution is 0.574. The third-order valence-corrected chi connectivity index (χ3v) is 8.39. The van der Waals surface area contributed by atoms with Gasteiger partial charge in [0.1, 0.15) is 12.8 Å². The number of hydrogen-bond donors (Lipinski definition) is 0. The maximum atomic E-state index is 13.1. The van der Waals surface area contributed by atoms with Crippen molar-refractivity contribution in [2.75, 3.05) is 12.3 Å². The Kier molecular flexibility index (Phi) is 5.50. The smallest absolute Gasteiger partial charge is 0.164 e. The van der Waals surface area contributed by atoms with E-state index >= 15 is 0 Å². The van der Waals surface area contributed by atoms with Crippen LogP contribution in [0.15, 0.2) is 20.7 Å². The predicted octanol–water partition coefficient (Wildman–Crippen LogP) is 5.39. The van der Waals surface area contributed by atoms with E-state index in [4.69, 9.17) is 4.42 Å². The third-order valence-electron chi connectivity index (χ3n) is 3.59. The van der Waals surface area contributed by atoms with Crippen LogP contribution in [0.3, 0.4) is 0 Å². The first-order chi connectivity index (χ1) is 9.91. The molecule has 21 heavy (non-hydrogen) atoms. The van der Waals surface area contributed by atoms with Crippen molar-refractivity contribution in [1.82, 2.24) is 4.98 Å². The summed E-state index contributed by atoms with van der Waals surface area (Å²) in [6.45, 7) is 8.33. The Hall–Kier alpha value is -0.380. The molecule has 0 bridgehead atoms. The zero-order valence-corrected chi connectivity index (χ0v) is 16.1. The zero-order chi connectivity index (χ0) is 15.6. The molecule has 0 amide bonds. The van der Waals surface area contributed by atoms with Gasteiger partial charge in [0.05, 0.1) is 11.6 Å². The van der Waals surface area contributed by atoms with Gasteiger partial charge in [0, 0.05) is 17.2 Å². The molecule has 0 saturated heterocycles. The van der Waals surface area contributed by atoms with Crippen LogP contribution in [-0.2, 0) is 11.0 Å². The summed E-state index contributed by atoms with van der Waals surface area (Å²) in [5.74, 6) is 1.23. The summed E-state index contributed by atoms with van der Waals surface area (Å²) in [6, 6.07) is 1.86. The molecular formula is C15H21BrNO2PS. The number of halogens is 1. The van der Waals surface area contributed by atoms with Crippen molar-refractivity contribution >= 4 is 39.7 Å². The molecule has 2 aromatic rings. The van der Waals surface area contributed by atoms with Gasteiger partial charge in [0.25, 0.3) is 0 Å². The second-order valence-corrected chi connectivity index (χ2v) is 11.4. The summed E-state index contributed by atoms with van der Waals surface area (Å²) in [4.78, 5) is 5.76. The largest absolute Gasteiger partial charge is 0.462 e. The van der Waals surface area contributed by atoms with E-state index in [2.05, 4.69) is 34.8 Å². The number of furan rings is 1. The highest BCUT2D eigenvalue weighted by Gasteiger charge is 2.29. The lowest BCUT2D eigenvalue weighted by atomic mass is 10.1. The van der Waals surface area contributed by atoms with Crippen molar-refractivity contribution in [2.24, 2.45) is 5.92 Å². The Labute approximate surface area is 138 Å². The summed E-state index contributed by atoms with van der Waals surface area (Å²) in [7, 11) is -2.38. The monoisotopic (exact) mass is 389 g/mol. The maximum absolute atomic E-state index is 13.1. The topological polar surface area (TPSA) is 43.1 Å². The molecule has 0 N–H and O–H groups in total. The lowest BCUT2D eigenvalue weighted by Gasteiger charge is -2.14. The number of aromatic nitrogens is 1. The molecular weight excluding hydrogens is 369 g/mol. The van der Waals surface area contributed by atoms with Gasteiger partial charge < -0.3 is 8.98 Å². The summed E-state index contributed by atoms with van der Waals surface area (Å²) < 4.78 is 19.6. The zero-order valence-electron chi connectivity index (χ0n) is 12.9. The van der Waals surface area contributed by atoms with E-state index in [9.17, 15) is 4.57 Å². The van der Waals surface area contributed by atoms with Crippen molar-refractivity contribution in [2.45, 2.75) is 34.1 Å². The van der Waals surface area contributed by atoms with E-state index in [0.29, 0.717) is 24.0 Å². The first-order valence-electron chi connectivity index (χ1n) is 7.23. The summed E-state index contributed by atoms with van der Waals surface area (Å²) in [5, 5.41) is 0.843. The van der Waals surface area contributed by atoms with E-state index in [0.717, 1.165) is 21.3 Å². The Morgan fingerprint density at radius 3 is 2.62 bits per heavy atom. The Balaban J connectivity index is 2.54. The summed E-state index contributed by atoms with van der Waals surface area (Å²) in [6.07, 6.45) is 3.89. The van der Waals surface area contributed by atoms with Crippen LogP contribution >= 0.6 is 34.4 Å². The number of nitrogens with zero attached hydrogens (tertiary/aromatic N) is 1. The maximum Gasteiger partial charge on any atom is 0.164 e.